The monoisotopic (exact) mass is 291 g/mol. The number of rotatable bonds is 3. The zero-order valence-electron chi connectivity index (χ0n) is 9.56. The van der Waals surface area contributed by atoms with Gasteiger partial charge < -0.3 is 10.5 Å². The Kier molecular flexibility index (Phi) is 3.82. The van der Waals surface area contributed by atoms with Crippen molar-refractivity contribution in [3.8, 4) is 11.5 Å². The van der Waals surface area contributed by atoms with E-state index in [1.165, 1.54) is 0 Å². The van der Waals surface area contributed by atoms with E-state index in [9.17, 15) is 0 Å². The van der Waals surface area contributed by atoms with Gasteiger partial charge in [-0.15, -0.1) is 0 Å². The average molecular weight is 292 g/mol. The van der Waals surface area contributed by atoms with Crippen LogP contribution in [0.2, 0.25) is 0 Å². The molecule has 0 aliphatic heterocycles. The Morgan fingerprint density at radius 1 is 1.12 bits per heavy atom. The summed E-state index contributed by atoms with van der Waals surface area (Å²) < 4.78 is 6.67. The molecule has 0 bridgehead atoms. The van der Waals surface area contributed by atoms with Gasteiger partial charge in [0.15, 0.2) is 0 Å². The van der Waals surface area contributed by atoms with E-state index in [1.807, 2.05) is 55.5 Å². The Bertz CT molecular complexity index is 497. The van der Waals surface area contributed by atoms with E-state index in [-0.39, 0.29) is 6.04 Å². The van der Waals surface area contributed by atoms with Crippen LogP contribution in [0.15, 0.2) is 53.0 Å². The summed E-state index contributed by atoms with van der Waals surface area (Å²) in [5, 5.41) is 0. The van der Waals surface area contributed by atoms with Crippen molar-refractivity contribution in [3.05, 3.63) is 58.6 Å². The molecule has 0 spiro atoms. The smallest absolute Gasteiger partial charge is 0.141 e. The van der Waals surface area contributed by atoms with Gasteiger partial charge in [-0.1, -0.05) is 24.3 Å². The van der Waals surface area contributed by atoms with Crippen LogP contribution >= 0.6 is 15.9 Å². The van der Waals surface area contributed by atoms with Crippen molar-refractivity contribution in [3.63, 3.8) is 0 Å². The number of hydrogen-bond acceptors (Lipinski definition) is 2. The third kappa shape index (κ3) is 3.08. The molecule has 0 aliphatic rings. The van der Waals surface area contributed by atoms with E-state index in [2.05, 4.69) is 15.9 Å². The van der Waals surface area contributed by atoms with Crippen molar-refractivity contribution in [2.24, 2.45) is 5.73 Å². The first-order valence-corrected chi connectivity index (χ1v) is 6.24. The van der Waals surface area contributed by atoms with Gasteiger partial charge in [-0.3, -0.25) is 0 Å². The standard InChI is InChI=1S/C14H14BrNO/c1-10(16)11-7-8-14(13(15)9-11)17-12-5-3-2-4-6-12/h2-10H,16H2,1H3. The van der Waals surface area contributed by atoms with E-state index >= 15 is 0 Å². The van der Waals surface area contributed by atoms with Crippen molar-refractivity contribution < 1.29 is 4.74 Å². The number of nitrogens with two attached hydrogens (primary N) is 1. The molecule has 17 heavy (non-hydrogen) atoms. The summed E-state index contributed by atoms with van der Waals surface area (Å²) >= 11 is 3.49. The number of benzene rings is 2. The summed E-state index contributed by atoms with van der Waals surface area (Å²) in [5.74, 6) is 1.61. The van der Waals surface area contributed by atoms with Gasteiger partial charge in [0, 0.05) is 6.04 Å². The molecule has 2 aromatic rings. The minimum Gasteiger partial charge on any atom is -0.456 e. The lowest BCUT2D eigenvalue weighted by atomic mass is 10.1. The van der Waals surface area contributed by atoms with Crippen LogP contribution in [0, 0.1) is 0 Å². The Hall–Kier alpha value is -1.32. The fraction of sp³-hybridized carbons (Fsp3) is 0.143. The Balaban J connectivity index is 2.23. The van der Waals surface area contributed by atoms with Crippen molar-refractivity contribution >= 4 is 15.9 Å². The molecule has 2 rings (SSSR count). The lowest BCUT2D eigenvalue weighted by Gasteiger charge is -2.11. The molecule has 0 heterocycles. The van der Waals surface area contributed by atoms with E-state index < -0.39 is 0 Å². The van der Waals surface area contributed by atoms with Crippen molar-refractivity contribution in [2.45, 2.75) is 13.0 Å². The summed E-state index contributed by atoms with van der Waals surface area (Å²) in [6.07, 6.45) is 0. The van der Waals surface area contributed by atoms with Crippen LogP contribution in [0.4, 0.5) is 0 Å². The van der Waals surface area contributed by atoms with E-state index in [1.54, 1.807) is 0 Å². The zero-order chi connectivity index (χ0) is 12.3. The molecular weight excluding hydrogens is 278 g/mol. The minimum atomic E-state index is 0.0251. The third-order valence-corrected chi connectivity index (χ3v) is 3.07. The second-order valence-electron chi connectivity index (χ2n) is 3.89. The summed E-state index contributed by atoms with van der Waals surface area (Å²) in [6, 6.07) is 15.6. The molecule has 0 aromatic heterocycles. The predicted molar refractivity (Wildman–Crippen MR) is 73.3 cm³/mol. The van der Waals surface area contributed by atoms with Crippen LogP contribution < -0.4 is 10.5 Å². The van der Waals surface area contributed by atoms with Gasteiger partial charge in [-0.05, 0) is 52.7 Å². The fourth-order valence-corrected chi connectivity index (χ4v) is 1.98. The Morgan fingerprint density at radius 3 is 2.41 bits per heavy atom. The van der Waals surface area contributed by atoms with Crippen molar-refractivity contribution in [1.29, 1.82) is 0 Å². The average Bonchev–Trinajstić information content (AvgIpc) is 2.33. The largest absolute Gasteiger partial charge is 0.456 e. The predicted octanol–water partition coefficient (Wildman–Crippen LogP) is 4.26. The Morgan fingerprint density at radius 2 is 1.82 bits per heavy atom. The highest BCUT2D eigenvalue weighted by atomic mass is 79.9. The maximum Gasteiger partial charge on any atom is 0.141 e. The van der Waals surface area contributed by atoms with E-state index in [0.29, 0.717) is 0 Å². The van der Waals surface area contributed by atoms with Gasteiger partial charge >= 0.3 is 0 Å². The van der Waals surface area contributed by atoms with Crippen LogP contribution in [0.25, 0.3) is 0 Å². The fourth-order valence-electron chi connectivity index (χ4n) is 1.50. The first kappa shape index (κ1) is 12.1. The number of ether oxygens (including phenoxy) is 1. The highest BCUT2D eigenvalue weighted by molar-refractivity contribution is 9.10. The van der Waals surface area contributed by atoms with Crippen molar-refractivity contribution in [1.82, 2.24) is 0 Å². The van der Waals surface area contributed by atoms with E-state index in [0.717, 1.165) is 21.5 Å². The molecular formula is C14H14BrNO. The molecule has 2 aromatic carbocycles. The van der Waals surface area contributed by atoms with Gasteiger partial charge in [0.25, 0.3) is 0 Å². The topological polar surface area (TPSA) is 35.2 Å². The molecule has 0 saturated carbocycles. The highest BCUT2D eigenvalue weighted by Crippen LogP contribution is 2.31. The lowest BCUT2D eigenvalue weighted by molar-refractivity contribution is 0.479. The molecule has 88 valence electrons. The van der Waals surface area contributed by atoms with Gasteiger partial charge in [-0.25, -0.2) is 0 Å². The second kappa shape index (κ2) is 5.34. The quantitative estimate of drug-likeness (QED) is 0.917. The summed E-state index contributed by atoms with van der Waals surface area (Å²) in [7, 11) is 0. The molecule has 0 radical (unpaired) electrons. The SMILES string of the molecule is CC(N)c1ccc(Oc2ccccc2)c(Br)c1. The first-order valence-electron chi connectivity index (χ1n) is 5.45. The molecule has 0 amide bonds. The van der Waals surface area contributed by atoms with Crippen LogP contribution in [0.3, 0.4) is 0 Å². The maximum absolute atomic E-state index is 5.82. The van der Waals surface area contributed by atoms with Crippen LogP contribution in [-0.4, -0.2) is 0 Å². The maximum atomic E-state index is 5.82. The van der Waals surface area contributed by atoms with Gasteiger partial charge in [0.05, 0.1) is 4.47 Å². The second-order valence-corrected chi connectivity index (χ2v) is 4.75. The summed E-state index contributed by atoms with van der Waals surface area (Å²) in [4.78, 5) is 0. The van der Waals surface area contributed by atoms with Gasteiger partial charge in [0.1, 0.15) is 11.5 Å². The summed E-state index contributed by atoms with van der Waals surface area (Å²) in [5.41, 5.74) is 6.90. The molecule has 0 fully saturated rings. The van der Waals surface area contributed by atoms with Crippen LogP contribution in [0.5, 0.6) is 11.5 Å². The minimum absolute atomic E-state index is 0.0251. The molecule has 1 unspecified atom stereocenters. The van der Waals surface area contributed by atoms with E-state index in [4.69, 9.17) is 10.5 Å². The number of halogens is 1. The molecule has 1 atom stereocenters. The van der Waals surface area contributed by atoms with Gasteiger partial charge in [-0.2, -0.15) is 0 Å². The summed E-state index contributed by atoms with van der Waals surface area (Å²) in [6.45, 7) is 1.96. The third-order valence-electron chi connectivity index (χ3n) is 2.45. The number of para-hydroxylation sites is 1. The molecule has 0 saturated heterocycles. The van der Waals surface area contributed by atoms with Crippen molar-refractivity contribution in [2.75, 3.05) is 0 Å². The normalized spacial score (nSPS) is 12.2. The Labute approximate surface area is 110 Å². The highest BCUT2D eigenvalue weighted by Gasteiger charge is 2.06. The molecule has 2 nitrogen and oxygen atoms in total. The number of hydrogen-bond donors (Lipinski definition) is 1. The van der Waals surface area contributed by atoms with Crippen LogP contribution in [-0.2, 0) is 0 Å². The lowest BCUT2D eigenvalue weighted by Crippen LogP contribution is -2.04. The molecule has 0 aliphatic carbocycles. The first-order chi connectivity index (χ1) is 8.16. The molecule has 3 heteroatoms. The zero-order valence-corrected chi connectivity index (χ0v) is 11.1. The van der Waals surface area contributed by atoms with Gasteiger partial charge in [0.2, 0.25) is 0 Å². The molecule has 2 N–H and O–H groups in total. The van der Waals surface area contributed by atoms with Crippen LogP contribution in [0.1, 0.15) is 18.5 Å².